The van der Waals surface area contributed by atoms with E-state index in [2.05, 4.69) is 9.72 Å². The van der Waals surface area contributed by atoms with Gasteiger partial charge < -0.3 is 20.1 Å². The topological polar surface area (TPSA) is 86.0 Å². The maximum absolute atomic E-state index is 12.3. The number of aliphatic hydroxyl groups is 3. The lowest BCUT2D eigenvalue weighted by molar-refractivity contribution is -0.274. The Balaban J connectivity index is 1.59. The summed E-state index contributed by atoms with van der Waals surface area (Å²) in [6, 6.07) is 3.59. The summed E-state index contributed by atoms with van der Waals surface area (Å²) >= 11 is 1.40. The Kier molecular flexibility index (Phi) is 5.68. The molecular weight excluding hydrogens is 373 g/mol. The predicted molar refractivity (Wildman–Crippen MR) is 89.1 cm³/mol. The number of benzene rings is 1. The molecule has 3 rings (SSSR count). The van der Waals surface area contributed by atoms with Gasteiger partial charge in [-0.05, 0) is 25.1 Å². The maximum Gasteiger partial charge on any atom is 0.573 e. The van der Waals surface area contributed by atoms with Crippen LogP contribution in [-0.2, 0) is 6.42 Å². The Labute approximate surface area is 151 Å². The summed E-state index contributed by atoms with van der Waals surface area (Å²) in [6.45, 7) is 0.628. The van der Waals surface area contributed by atoms with Crippen molar-refractivity contribution in [2.75, 3.05) is 19.7 Å². The number of halogens is 3. The van der Waals surface area contributed by atoms with Crippen LogP contribution in [0.25, 0.3) is 10.2 Å². The fraction of sp³-hybridized carbons (Fsp3) is 0.562. The van der Waals surface area contributed by atoms with Crippen molar-refractivity contribution in [2.24, 2.45) is 0 Å². The second-order valence-corrected chi connectivity index (χ2v) is 7.31. The van der Waals surface area contributed by atoms with E-state index in [1.54, 1.807) is 6.07 Å². The smallest absolute Gasteiger partial charge is 0.406 e. The first-order valence-corrected chi connectivity index (χ1v) is 8.95. The van der Waals surface area contributed by atoms with Crippen molar-refractivity contribution < 1.29 is 33.2 Å². The fourth-order valence-corrected chi connectivity index (χ4v) is 4.12. The summed E-state index contributed by atoms with van der Waals surface area (Å²) in [4.78, 5) is 6.17. The highest BCUT2D eigenvalue weighted by Gasteiger charge is 2.38. The van der Waals surface area contributed by atoms with Gasteiger partial charge in [-0.15, -0.1) is 24.5 Å². The average Bonchev–Trinajstić information content (AvgIpc) is 3.06. The Morgan fingerprint density at radius 1 is 1.31 bits per heavy atom. The van der Waals surface area contributed by atoms with E-state index in [1.165, 1.54) is 23.5 Å². The van der Waals surface area contributed by atoms with Gasteiger partial charge in [0.15, 0.2) is 0 Å². The van der Waals surface area contributed by atoms with Crippen LogP contribution in [0.1, 0.15) is 11.4 Å². The zero-order valence-corrected chi connectivity index (χ0v) is 14.5. The van der Waals surface area contributed by atoms with Crippen LogP contribution in [0, 0.1) is 0 Å². The van der Waals surface area contributed by atoms with Crippen molar-refractivity contribution in [3.8, 4) is 5.75 Å². The number of β-amino-alcohol motifs (C(OH)–C–C–N with tert-alkyl or cyclic N) is 1. The molecule has 1 aromatic heterocycles. The van der Waals surface area contributed by atoms with E-state index in [1.807, 2.05) is 4.90 Å². The third-order valence-corrected chi connectivity index (χ3v) is 5.44. The lowest BCUT2D eigenvalue weighted by Gasteiger charge is -2.23. The molecule has 1 aliphatic heterocycles. The van der Waals surface area contributed by atoms with E-state index in [4.69, 9.17) is 0 Å². The van der Waals surface area contributed by atoms with Crippen LogP contribution in [0.3, 0.4) is 0 Å². The van der Waals surface area contributed by atoms with E-state index in [9.17, 15) is 28.5 Å². The van der Waals surface area contributed by atoms with Crippen LogP contribution in [-0.4, -0.2) is 69.5 Å². The number of likely N-dealkylation sites (tertiary alicyclic amines) is 1. The van der Waals surface area contributed by atoms with Gasteiger partial charge in [0.05, 0.1) is 40.1 Å². The third-order valence-electron chi connectivity index (χ3n) is 4.34. The fourth-order valence-electron chi connectivity index (χ4n) is 3.13. The van der Waals surface area contributed by atoms with Crippen LogP contribution in [0.4, 0.5) is 13.2 Å². The summed E-state index contributed by atoms with van der Waals surface area (Å²) in [5.41, 5.74) is 0.451. The van der Waals surface area contributed by atoms with Gasteiger partial charge in [-0.3, -0.25) is 4.90 Å². The molecule has 0 bridgehead atoms. The minimum absolute atomic E-state index is 0.235. The van der Waals surface area contributed by atoms with Crippen LogP contribution in [0.5, 0.6) is 5.75 Å². The number of rotatable bonds is 6. The van der Waals surface area contributed by atoms with Gasteiger partial charge in [-0.25, -0.2) is 4.98 Å². The van der Waals surface area contributed by atoms with Crippen LogP contribution < -0.4 is 4.74 Å². The van der Waals surface area contributed by atoms with Gasteiger partial charge in [0.2, 0.25) is 0 Å². The van der Waals surface area contributed by atoms with Crippen molar-refractivity contribution in [1.82, 2.24) is 9.88 Å². The normalized spacial score (nSPS) is 24.5. The molecule has 0 amide bonds. The molecule has 1 aliphatic rings. The third kappa shape index (κ3) is 4.44. The summed E-state index contributed by atoms with van der Waals surface area (Å²) < 4.78 is 41.5. The first kappa shape index (κ1) is 19.3. The number of ether oxygens (including phenoxy) is 1. The number of hydrogen-bond acceptors (Lipinski definition) is 7. The summed E-state index contributed by atoms with van der Waals surface area (Å²) in [5, 5.41) is 29.6. The number of aromatic nitrogens is 1. The number of aliphatic hydroxyl groups excluding tert-OH is 3. The Bertz CT molecular complexity index is 755. The Morgan fingerprint density at radius 2 is 2.08 bits per heavy atom. The zero-order chi connectivity index (χ0) is 18.9. The van der Waals surface area contributed by atoms with Crippen molar-refractivity contribution >= 4 is 21.6 Å². The lowest BCUT2D eigenvalue weighted by Crippen LogP contribution is -2.39. The number of fused-ring (bicyclic) bond motifs is 1. The molecule has 26 heavy (non-hydrogen) atoms. The lowest BCUT2D eigenvalue weighted by atomic mass is 10.1. The molecule has 3 N–H and O–H groups in total. The van der Waals surface area contributed by atoms with E-state index in [-0.39, 0.29) is 12.4 Å². The highest BCUT2D eigenvalue weighted by atomic mass is 32.1. The van der Waals surface area contributed by atoms with E-state index in [0.29, 0.717) is 31.4 Å². The average molecular weight is 392 g/mol. The Hall–Kier alpha value is -1.46. The second-order valence-electron chi connectivity index (χ2n) is 6.19. The highest BCUT2D eigenvalue weighted by molar-refractivity contribution is 7.18. The molecule has 2 aromatic rings. The molecule has 0 spiro atoms. The van der Waals surface area contributed by atoms with Gasteiger partial charge in [0.1, 0.15) is 5.75 Å². The quantitative estimate of drug-likeness (QED) is 0.691. The molecule has 6 nitrogen and oxygen atoms in total. The van der Waals surface area contributed by atoms with Crippen molar-refractivity contribution in [3.05, 3.63) is 23.2 Å². The van der Waals surface area contributed by atoms with Crippen molar-refractivity contribution in [3.63, 3.8) is 0 Å². The molecule has 1 saturated heterocycles. The molecule has 10 heteroatoms. The number of aryl methyl sites for hydroxylation is 1. The molecular formula is C16H19F3N2O4S. The molecule has 144 valence electrons. The number of thiazole rings is 1. The first-order chi connectivity index (χ1) is 12.3. The van der Waals surface area contributed by atoms with Gasteiger partial charge in [0.25, 0.3) is 0 Å². The first-order valence-electron chi connectivity index (χ1n) is 8.13. The van der Waals surface area contributed by atoms with Crippen LogP contribution in [0.2, 0.25) is 0 Å². The number of hydrogen-bond donors (Lipinski definition) is 3. The van der Waals surface area contributed by atoms with Crippen molar-refractivity contribution in [1.29, 1.82) is 0 Å². The van der Waals surface area contributed by atoms with E-state index in [0.717, 1.165) is 9.71 Å². The standard InChI is InChI=1S/C16H19F3N2O4S/c17-16(18,19)25-9-3-4-13-10(6-9)20-14(26-13)2-1-5-21-7-12(23)15(24)11(21)8-22/h3-4,6,11-12,15,22-24H,1-2,5,7-8H2. The van der Waals surface area contributed by atoms with Gasteiger partial charge in [0, 0.05) is 19.0 Å². The predicted octanol–water partition coefficient (Wildman–Crippen LogP) is 1.53. The number of nitrogens with zero attached hydrogens (tertiary/aromatic N) is 2. The summed E-state index contributed by atoms with van der Waals surface area (Å²) in [5.74, 6) is -0.298. The van der Waals surface area contributed by atoms with Gasteiger partial charge >= 0.3 is 6.36 Å². The summed E-state index contributed by atoms with van der Waals surface area (Å²) in [7, 11) is 0. The van der Waals surface area contributed by atoms with Gasteiger partial charge in [-0.1, -0.05) is 0 Å². The molecule has 2 heterocycles. The van der Waals surface area contributed by atoms with Crippen molar-refractivity contribution in [2.45, 2.75) is 37.5 Å². The molecule has 1 aromatic carbocycles. The highest BCUT2D eigenvalue weighted by Crippen LogP contribution is 2.30. The zero-order valence-electron chi connectivity index (χ0n) is 13.7. The van der Waals surface area contributed by atoms with Gasteiger partial charge in [-0.2, -0.15) is 0 Å². The molecule has 3 atom stereocenters. The Morgan fingerprint density at radius 3 is 2.77 bits per heavy atom. The minimum Gasteiger partial charge on any atom is -0.406 e. The molecule has 1 fully saturated rings. The minimum atomic E-state index is -4.74. The molecule has 0 saturated carbocycles. The molecule has 0 aliphatic carbocycles. The molecule has 0 radical (unpaired) electrons. The maximum atomic E-state index is 12.3. The second kappa shape index (κ2) is 7.65. The monoisotopic (exact) mass is 392 g/mol. The molecule has 3 unspecified atom stereocenters. The summed E-state index contributed by atoms with van der Waals surface area (Å²) in [6.07, 6.45) is -5.28. The van der Waals surface area contributed by atoms with Crippen LogP contribution in [0.15, 0.2) is 18.2 Å². The van der Waals surface area contributed by atoms with E-state index < -0.39 is 24.6 Å². The van der Waals surface area contributed by atoms with E-state index >= 15 is 0 Å². The SMILES string of the molecule is OCC1C(O)C(O)CN1CCCc1nc2cc(OC(F)(F)F)ccc2s1. The van der Waals surface area contributed by atoms with Crippen LogP contribution >= 0.6 is 11.3 Å². The largest absolute Gasteiger partial charge is 0.573 e. The number of alkyl halides is 3.